The molecule has 4 nitrogen and oxygen atoms in total. The Morgan fingerprint density at radius 2 is 1.73 bits per heavy atom. The molecule has 30 heavy (non-hydrogen) atoms. The summed E-state index contributed by atoms with van der Waals surface area (Å²) in [6.45, 7) is 0. The molecule has 0 radical (unpaired) electrons. The van der Waals surface area contributed by atoms with Crippen LogP contribution < -0.4 is 5.32 Å². The summed E-state index contributed by atoms with van der Waals surface area (Å²) in [4.78, 5) is 20.5. The lowest BCUT2D eigenvalue weighted by Gasteiger charge is -2.13. The third-order valence-corrected chi connectivity index (χ3v) is 4.81. The van der Waals surface area contributed by atoms with Crippen molar-refractivity contribution in [1.82, 2.24) is 9.97 Å². The Balaban J connectivity index is 1.72. The number of halogens is 4. The highest BCUT2D eigenvalue weighted by molar-refractivity contribution is 6.33. The Labute approximate surface area is 174 Å². The van der Waals surface area contributed by atoms with Crippen molar-refractivity contribution in [2.45, 2.75) is 6.18 Å². The molecule has 4 rings (SSSR count). The van der Waals surface area contributed by atoms with Crippen LogP contribution in [0.25, 0.3) is 22.0 Å². The fraction of sp³-hybridized carbons (Fsp3) is 0.0455. The van der Waals surface area contributed by atoms with Crippen LogP contribution in [0.2, 0.25) is 5.02 Å². The van der Waals surface area contributed by atoms with Gasteiger partial charge in [-0.1, -0.05) is 35.9 Å². The van der Waals surface area contributed by atoms with Crippen LogP contribution in [-0.2, 0) is 6.18 Å². The second kappa shape index (κ2) is 7.76. The highest BCUT2D eigenvalue weighted by atomic mass is 35.5. The standard InChI is InChI=1S/C22H13ClF3N3O/c23-18-8-7-14(29-21(30)20-17(22(24,25)26)6-3-10-27-20)12-16(18)19-15-5-2-1-4-13(15)9-11-28-19/h1-12H,(H,29,30). The molecule has 2 aromatic heterocycles. The zero-order valence-corrected chi connectivity index (χ0v) is 16.0. The monoisotopic (exact) mass is 427 g/mol. The Kier molecular flexibility index (Phi) is 5.13. The molecule has 0 bridgehead atoms. The maximum absolute atomic E-state index is 13.2. The molecule has 0 aliphatic carbocycles. The number of fused-ring (bicyclic) bond motifs is 1. The average Bonchev–Trinajstić information content (AvgIpc) is 2.74. The van der Waals surface area contributed by atoms with Gasteiger partial charge >= 0.3 is 6.18 Å². The van der Waals surface area contributed by atoms with Crippen molar-refractivity contribution in [3.05, 3.63) is 89.3 Å². The first-order valence-electron chi connectivity index (χ1n) is 8.82. The van der Waals surface area contributed by atoms with Gasteiger partial charge in [0.25, 0.3) is 5.91 Å². The number of carbonyl (C=O) groups excluding carboxylic acids is 1. The fourth-order valence-corrected chi connectivity index (χ4v) is 3.33. The molecule has 4 aromatic rings. The molecule has 0 aliphatic heterocycles. The fourth-order valence-electron chi connectivity index (χ4n) is 3.12. The SMILES string of the molecule is O=C(Nc1ccc(Cl)c(-c2nccc3ccccc23)c1)c1ncccc1C(F)(F)F. The average molecular weight is 428 g/mol. The van der Waals surface area contributed by atoms with Crippen LogP contribution in [-0.4, -0.2) is 15.9 Å². The summed E-state index contributed by atoms with van der Waals surface area (Å²) < 4.78 is 39.6. The number of alkyl halides is 3. The van der Waals surface area contributed by atoms with Crippen LogP contribution >= 0.6 is 11.6 Å². The minimum Gasteiger partial charge on any atom is -0.321 e. The summed E-state index contributed by atoms with van der Waals surface area (Å²) in [5.74, 6) is -0.970. The Morgan fingerprint density at radius 1 is 0.933 bits per heavy atom. The molecular formula is C22H13ClF3N3O. The molecule has 150 valence electrons. The van der Waals surface area contributed by atoms with Crippen LogP contribution in [0.3, 0.4) is 0 Å². The number of rotatable bonds is 3. The number of aromatic nitrogens is 2. The van der Waals surface area contributed by atoms with Crippen molar-refractivity contribution in [1.29, 1.82) is 0 Å². The van der Waals surface area contributed by atoms with Gasteiger partial charge in [-0.2, -0.15) is 13.2 Å². The molecule has 2 heterocycles. The Bertz CT molecular complexity index is 1250. The Hall–Kier alpha value is -3.45. The van der Waals surface area contributed by atoms with Crippen LogP contribution in [0, 0.1) is 0 Å². The molecule has 1 N–H and O–H groups in total. The van der Waals surface area contributed by atoms with Gasteiger partial charge in [0.15, 0.2) is 0 Å². The van der Waals surface area contributed by atoms with E-state index in [2.05, 4.69) is 15.3 Å². The zero-order chi connectivity index (χ0) is 21.3. The highest BCUT2D eigenvalue weighted by Gasteiger charge is 2.36. The minimum atomic E-state index is -4.70. The number of hydrogen-bond donors (Lipinski definition) is 1. The third kappa shape index (κ3) is 3.84. The third-order valence-electron chi connectivity index (χ3n) is 4.48. The number of anilines is 1. The largest absolute Gasteiger partial charge is 0.418 e. The number of nitrogens with zero attached hydrogens (tertiary/aromatic N) is 2. The van der Waals surface area contributed by atoms with Gasteiger partial charge < -0.3 is 5.32 Å². The summed E-state index contributed by atoms with van der Waals surface area (Å²) in [5.41, 5.74) is -0.392. The van der Waals surface area contributed by atoms with E-state index in [0.717, 1.165) is 29.1 Å². The molecule has 0 atom stereocenters. The zero-order valence-electron chi connectivity index (χ0n) is 15.2. The van der Waals surface area contributed by atoms with Crippen molar-refractivity contribution >= 4 is 34.0 Å². The first-order chi connectivity index (χ1) is 14.3. The van der Waals surface area contributed by atoms with Crippen molar-refractivity contribution < 1.29 is 18.0 Å². The summed E-state index contributed by atoms with van der Waals surface area (Å²) in [7, 11) is 0. The summed E-state index contributed by atoms with van der Waals surface area (Å²) in [6.07, 6.45) is -1.92. The number of hydrogen-bond acceptors (Lipinski definition) is 3. The number of nitrogens with one attached hydrogen (secondary N) is 1. The second-order valence-electron chi connectivity index (χ2n) is 6.43. The van der Waals surface area contributed by atoms with E-state index in [0.29, 0.717) is 16.3 Å². The van der Waals surface area contributed by atoms with Gasteiger partial charge in [-0.3, -0.25) is 14.8 Å². The molecule has 8 heteroatoms. The highest BCUT2D eigenvalue weighted by Crippen LogP contribution is 2.34. The molecule has 2 aromatic carbocycles. The van der Waals surface area contributed by atoms with Crippen molar-refractivity contribution in [3.63, 3.8) is 0 Å². The lowest BCUT2D eigenvalue weighted by atomic mass is 10.0. The quantitative estimate of drug-likeness (QED) is 0.422. The normalized spacial score (nSPS) is 11.5. The van der Waals surface area contributed by atoms with Crippen LogP contribution in [0.4, 0.5) is 18.9 Å². The molecule has 0 saturated carbocycles. The van der Waals surface area contributed by atoms with E-state index in [1.54, 1.807) is 18.3 Å². The van der Waals surface area contributed by atoms with E-state index >= 15 is 0 Å². The number of pyridine rings is 2. The predicted molar refractivity (Wildman–Crippen MR) is 109 cm³/mol. The number of benzene rings is 2. The van der Waals surface area contributed by atoms with Gasteiger partial charge in [-0.05, 0) is 41.8 Å². The topological polar surface area (TPSA) is 54.9 Å². The molecule has 0 spiro atoms. The molecule has 0 saturated heterocycles. The van der Waals surface area contributed by atoms with E-state index in [4.69, 9.17) is 11.6 Å². The van der Waals surface area contributed by atoms with Crippen LogP contribution in [0.15, 0.2) is 73.1 Å². The van der Waals surface area contributed by atoms with Gasteiger partial charge in [0, 0.05) is 29.0 Å². The minimum absolute atomic E-state index is 0.271. The molecule has 0 unspecified atom stereocenters. The van der Waals surface area contributed by atoms with E-state index < -0.39 is 23.3 Å². The predicted octanol–water partition coefficient (Wildman–Crippen LogP) is 6.22. The van der Waals surface area contributed by atoms with Crippen LogP contribution in [0.5, 0.6) is 0 Å². The first-order valence-corrected chi connectivity index (χ1v) is 9.19. The van der Waals surface area contributed by atoms with Gasteiger partial charge in [0.2, 0.25) is 0 Å². The summed E-state index contributed by atoms with van der Waals surface area (Å²) in [6, 6.07) is 16.0. The summed E-state index contributed by atoms with van der Waals surface area (Å²) in [5, 5.41) is 4.67. The van der Waals surface area contributed by atoms with Gasteiger partial charge in [0.1, 0.15) is 5.69 Å². The maximum atomic E-state index is 13.2. The smallest absolute Gasteiger partial charge is 0.321 e. The first kappa shape index (κ1) is 19.8. The van der Waals surface area contributed by atoms with E-state index in [9.17, 15) is 18.0 Å². The molecular weight excluding hydrogens is 415 g/mol. The van der Waals surface area contributed by atoms with Crippen molar-refractivity contribution in [2.75, 3.05) is 5.32 Å². The molecule has 0 fully saturated rings. The van der Waals surface area contributed by atoms with E-state index in [1.807, 2.05) is 30.3 Å². The Morgan fingerprint density at radius 3 is 2.53 bits per heavy atom. The van der Waals surface area contributed by atoms with Gasteiger partial charge in [-0.15, -0.1) is 0 Å². The second-order valence-corrected chi connectivity index (χ2v) is 6.83. The molecule has 1 amide bonds. The lowest BCUT2D eigenvalue weighted by molar-refractivity contribution is -0.138. The van der Waals surface area contributed by atoms with Crippen molar-refractivity contribution in [2.24, 2.45) is 0 Å². The van der Waals surface area contributed by atoms with Gasteiger partial charge in [0.05, 0.1) is 16.3 Å². The lowest BCUT2D eigenvalue weighted by Crippen LogP contribution is -2.20. The van der Waals surface area contributed by atoms with Crippen molar-refractivity contribution in [3.8, 4) is 11.3 Å². The van der Waals surface area contributed by atoms with E-state index in [-0.39, 0.29) is 5.69 Å². The van der Waals surface area contributed by atoms with Crippen LogP contribution in [0.1, 0.15) is 16.1 Å². The van der Waals surface area contributed by atoms with E-state index in [1.165, 1.54) is 6.07 Å². The maximum Gasteiger partial charge on any atom is 0.418 e. The summed E-state index contributed by atoms with van der Waals surface area (Å²) >= 11 is 6.36. The van der Waals surface area contributed by atoms with Gasteiger partial charge in [-0.25, -0.2) is 0 Å². The number of carbonyl (C=O) groups is 1. The number of amides is 1. The molecule has 0 aliphatic rings.